The fourth-order valence-corrected chi connectivity index (χ4v) is 8.15. The van der Waals surface area contributed by atoms with Gasteiger partial charge in [-0.25, -0.2) is 0 Å². The molecule has 2 unspecified atom stereocenters. The summed E-state index contributed by atoms with van der Waals surface area (Å²) in [6.45, 7) is 0.617. The number of aliphatic carboxylic acids is 1. The number of aromatic nitrogens is 1. The summed E-state index contributed by atoms with van der Waals surface area (Å²) < 4.78 is 9.73. The van der Waals surface area contributed by atoms with Crippen LogP contribution in [-0.4, -0.2) is 47.9 Å². The van der Waals surface area contributed by atoms with Crippen molar-refractivity contribution in [3.63, 3.8) is 0 Å². The van der Waals surface area contributed by atoms with Gasteiger partial charge in [-0.05, 0) is 0 Å². The summed E-state index contributed by atoms with van der Waals surface area (Å²) in [4.78, 5) is 32.1. The summed E-state index contributed by atoms with van der Waals surface area (Å²) in [5.41, 5.74) is 1.71. The van der Waals surface area contributed by atoms with Crippen molar-refractivity contribution < 1.29 is 40.6 Å². The van der Waals surface area contributed by atoms with Gasteiger partial charge in [0.05, 0.1) is 0 Å². The van der Waals surface area contributed by atoms with Gasteiger partial charge in [-0.2, -0.15) is 0 Å². The van der Waals surface area contributed by atoms with Crippen molar-refractivity contribution in [2.45, 2.75) is 41.4 Å². The van der Waals surface area contributed by atoms with Crippen LogP contribution in [-0.2, 0) is 14.3 Å². The molecular formula is C26H25ClIN2O4S-. The Kier molecular flexibility index (Phi) is 6.49. The van der Waals surface area contributed by atoms with Crippen molar-refractivity contribution in [3.05, 3.63) is 64.1 Å². The van der Waals surface area contributed by atoms with Gasteiger partial charge in [0.25, 0.3) is 0 Å². The summed E-state index contributed by atoms with van der Waals surface area (Å²) in [6, 6.07) is 14.9. The summed E-state index contributed by atoms with van der Waals surface area (Å²) in [6.07, 6.45) is 0.484. The van der Waals surface area contributed by atoms with Gasteiger partial charge in [-0.3, -0.25) is 0 Å². The number of fused-ring (bicyclic) bond motifs is 1. The number of rotatable bonds is 8. The fraction of sp³-hybridized carbons (Fsp3) is 0.423. The molecule has 2 saturated heterocycles. The number of carboxylic acids is 1. The summed E-state index contributed by atoms with van der Waals surface area (Å²) in [7, 11) is 0. The molecule has 0 bridgehead atoms. The van der Waals surface area contributed by atoms with E-state index in [1.807, 2.05) is 47.4 Å². The van der Waals surface area contributed by atoms with E-state index in [0.29, 0.717) is 44.6 Å². The molecule has 1 N–H and O–H groups in total. The van der Waals surface area contributed by atoms with Crippen molar-refractivity contribution in [1.29, 1.82) is 0 Å². The molecule has 3 aliphatic rings. The van der Waals surface area contributed by atoms with Gasteiger partial charge < -0.3 is 0 Å². The van der Waals surface area contributed by atoms with E-state index in [2.05, 4.69) is 0 Å². The predicted octanol–water partition coefficient (Wildman–Crippen LogP) is 1.93. The summed E-state index contributed by atoms with van der Waals surface area (Å²) in [5, 5.41) is 10.9. The molecule has 3 fully saturated rings. The van der Waals surface area contributed by atoms with E-state index < -0.39 is 24.2 Å². The predicted molar refractivity (Wildman–Crippen MR) is 130 cm³/mol. The van der Waals surface area contributed by atoms with E-state index in [-0.39, 0.29) is 12.3 Å². The number of carbonyl (C=O) groups excluding carboxylic acids is 1. The van der Waals surface area contributed by atoms with Crippen LogP contribution in [0, 0.1) is 11.8 Å². The molecule has 184 valence electrons. The third-order valence-corrected chi connectivity index (χ3v) is 11.0. The second kappa shape index (κ2) is 9.61. The molecule has 1 aliphatic carbocycles. The molecule has 35 heavy (non-hydrogen) atoms. The van der Waals surface area contributed by atoms with Crippen LogP contribution in [0.15, 0.2) is 48.5 Å². The van der Waals surface area contributed by atoms with Gasteiger partial charge in [0, 0.05) is 0 Å². The average molecular weight is 624 g/mol. The molecule has 0 spiro atoms. The first kappa shape index (κ1) is 23.6. The van der Waals surface area contributed by atoms with Crippen LogP contribution in [0.5, 0.6) is 0 Å². The van der Waals surface area contributed by atoms with E-state index >= 15 is 0 Å². The number of hydrogen-bond donors (Lipinski definition) is 1. The van der Waals surface area contributed by atoms with Gasteiger partial charge in [0.2, 0.25) is 0 Å². The van der Waals surface area contributed by atoms with Crippen LogP contribution in [0.4, 0.5) is 0 Å². The van der Waals surface area contributed by atoms with Gasteiger partial charge in [-0.15, -0.1) is 0 Å². The zero-order chi connectivity index (χ0) is 24.1. The van der Waals surface area contributed by atoms with Crippen molar-refractivity contribution in [2.24, 2.45) is 11.8 Å². The SMILES string of the molecule is O=C(O)C[C@@H]1O[C@@H](c2cccc(Cl)c2)[C@H](c2nc3ccccc3s2)N(CC2CC2C[C@H]2C[I-]2)C1=O. The van der Waals surface area contributed by atoms with E-state index in [1.54, 1.807) is 17.4 Å². The molecule has 1 saturated carbocycles. The summed E-state index contributed by atoms with van der Waals surface area (Å²) >= 11 is 8.33. The second-order valence-electron chi connectivity index (χ2n) is 9.55. The number of halogens is 2. The first-order valence-electron chi connectivity index (χ1n) is 11.8. The number of carboxylic acid groups (broad SMARTS) is 1. The Morgan fingerprint density at radius 1 is 1.23 bits per heavy atom. The Morgan fingerprint density at radius 3 is 2.80 bits per heavy atom. The summed E-state index contributed by atoms with van der Waals surface area (Å²) in [5.74, 6) is -0.159. The molecule has 0 radical (unpaired) electrons. The van der Waals surface area contributed by atoms with E-state index in [0.717, 1.165) is 31.1 Å². The maximum atomic E-state index is 13.7. The molecule has 9 heteroatoms. The number of benzene rings is 2. The monoisotopic (exact) mass is 623 g/mol. The molecule has 6 rings (SSSR count). The van der Waals surface area contributed by atoms with Crippen molar-refractivity contribution in [2.75, 3.05) is 11.0 Å². The van der Waals surface area contributed by atoms with Crippen molar-refractivity contribution in [1.82, 2.24) is 9.88 Å². The Morgan fingerprint density at radius 2 is 2.06 bits per heavy atom. The number of hydrogen-bond acceptors (Lipinski definition) is 5. The van der Waals surface area contributed by atoms with Crippen LogP contribution >= 0.6 is 22.9 Å². The van der Waals surface area contributed by atoms with E-state index in [9.17, 15) is 14.7 Å². The van der Waals surface area contributed by atoms with Crippen LogP contribution in [0.25, 0.3) is 10.2 Å². The van der Waals surface area contributed by atoms with E-state index in [4.69, 9.17) is 21.3 Å². The average Bonchev–Trinajstić information content (AvgIpc) is 3.75. The minimum atomic E-state index is -1.05. The Balaban J connectivity index is 1.40. The maximum absolute atomic E-state index is 13.7. The van der Waals surface area contributed by atoms with Crippen LogP contribution < -0.4 is 21.2 Å². The van der Waals surface area contributed by atoms with Gasteiger partial charge >= 0.3 is 224 Å². The van der Waals surface area contributed by atoms with E-state index in [1.165, 1.54) is 10.8 Å². The number of ether oxygens (including phenoxy) is 1. The third-order valence-electron chi connectivity index (χ3n) is 7.02. The van der Waals surface area contributed by atoms with Crippen LogP contribution in [0.3, 0.4) is 0 Å². The number of morpholine rings is 1. The van der Waals surface area contributed by atoms with Crippen LogP contribution in [0.1, 0.15) is 42.0 Å². The van der Waals surface area contributed by atoms with Crippen molar-refractivity contribution in [3.8, 4) is 0 Å². The Bertz CT molecular complexity index is 1250. The Labute approximate surface area is 222 Å². The quantitative estimate of drug-likeness (QED) is 0.307. The molecule has 2 aromatic carbocycles. The fourth-order valence-electron chi connectivity index (χ4n) is 5.11. The molecule has 1 aromatic heterocycles. The number of amides is 1. The molecule has 6 nitrogen and oxygen atoms in total. The first-order valence-corrected chi connectivity index (χ1v) is 15.8. The third kappa shape index (κ3) is 5.08. The number of nitrogens with zero attached hydrogens (tertiary/aromatic N) is 2. The first-order chi connectivity index (χ1) is 17.0. The molecule has 1 amide bonds. The van der Waals surface area contributed by atoms with Crippen molar-refractivity contribution >= 4 is 45.0 Å². The van der Waals surface area contributed by atoms with Gasteiger partial charge in [-0.1, -0.05) is 0 Å². The molecule has 2 aliphatic heterocycles. The topological polar surface area (TPSA) is 79.7 Å². The van der Waals surface area contributed by atoms with Gasteiger partial charge in [0.1, 0.15) is 0 Å². The minimum absolute atomic E-state index is 0.251. The number of alkyl halides is 2. The molecule has 3 aromatic rings. The van der Waals surface area contributed by atoms with Crippen LogP contribution in [0.2, 0.25) is 5.02 Å². The molecule has 3 heterocycles. The number of thiazole rings is 1. The molecule has 6 atom stereocenters. The number of carbonyl (C=O) groups is 2. The van der Waals surface area contributed by atoms with Gasteiger partial charge in [0.15, 0.2) is 0 Å². The zero-order valence-corrected chi connectivity index (χ0v) is 22.6. The Hall–Kier alpha value is -1.75. The standard InChI is InChI=1S/C26H25ClIN2O4S/c27-17-5-3-4-14(9-17)24-23(25-29-19-6-1-2-7-21(19)35-25)30(26(33)20(34-24)11-22(31)32)13-16-8-15(16)10-18-12-28-18/h1-7,9,15-16,18,20,23-24H,8,10-13H2,(H,31,32)/q-1/t15?,16?,18-,20-,23+,24-/m0/s1. The molecular weight excluding hydrogens is 599 g/mol. The number of para-hydroxylation sites is 1. The normalized spacial score (nSPS) is 30.2. The zero-order valence-electron chi connectivity index (χ0n) is 18.8. The second-order valence-corrected chi connectivity index (χ2v) is 14.6.